The first-order chi connectivity index (χ1) is 13.9. The number of aromatic nitrogens is 2. The van der Waals surface area contributed by atoms with E-state index >= 15 is 0 Å². The van der Waals surface area contributed by atoms with Gasteiger partial charge >= 0.3 is 0 Å². The van der Waals surface area contributed by atoms with Gasteiger partial charge in [-0.25, -0.2) is 0 Å². The molecule has 2 aliphatic rings. The Hall–Kier alpha value is -1.37. The molecule has 29 heavy (non-hydrogen) atoms. The summed E-state index contributed by atoms with van der Waals surface area (Å²) in [5.41, 5.74) is 1.69. The van der Waals surface area contributed by atoms with Crippen LogP contribution in [0.25, 0.3) is 6.08 Å². The summed E-state index contributed by atoms with van der Waals surface area (Å²) in [6.45, 7) is 11.4. The smallest absolute Gasteiger partial charge is 0.244 e. The number of ether oxygens (including phenoxy) is 1. The van der Waals surface area contributed by atoms with E-state index in [1.54, 1.807) is 12.2 Å². The first-order valence-electron chi connectivity index (χ1n) is 10.9. The lowest BCUT2D eigenvalue weighted by Crippen LogP contribution is -2.59. The third kappa shape index (κ3) is 5.62. The zero-order valence-electron chi connectivity index (χ0n) is 18.0. The van der Waals surface area contributed by atoms with E-state index in [-0.39, 0.29) is 11.4 Å². The summed E-state index contributed by atoms with van der Waals surface area (Å²) in [5, 5.41) is 8.24. The van der Waals surface area contributed by atoms with Crippen LogP contribution in [-0.2, 0) is 16.1 Å². The van der Waals surface area contributed by atoms with E-state index in [4.69, 9.17) is 16.3 Å². The Morgan fingerprint density at radius 2 is 1.97 bits per heavy atom. The van der Waals surface area contributed by atoms with Gasteiger partial charge in [0, 0.05) is 43.5 Å². The van der Waals surface area contributed by atoms with Gasteiger partial charge in [-0.15, -0.1) is 0 Å². The summed E-state index contributed by atoms with van der Waals surface area (Å²) in [6, 6.07) is 0. The average Bonchev–Trinajstić information content (AvgIpc) is 2.98. The molecule has 2 fully saturated rings. The fourth-order valence-corrected chi connectivity index (χ4v) is 4.72. The number of likely N-dealkylation sites (tertiary alicyclic amines) is 1. The number of nitrogens with zero attached hydrogens (tertiary/aromatic N) is 3. The Balaban J connectivity index is 1.63. The van der Waals surface area contributed by atoms with Crippen molar-refractivity contribution in [3.8, 4) is 0 Å². The van der Waals surface area contributed by atoms with E-state index in [1.807, 2.05) is 11.6 Å². The molecule has 3 heterocycles. The molecule has 0 saturated carbocycles. The fraction of sp³-hybridized carbons (Fsp3) is 0.727. The highest BCUT2D eigenvalue weighted by Gasteiger charge is 2.39. The predicted molar refractivity (Wildman–Crippen MR) is 117 cm³/mol. The Labute approximate surface area is 179 Å². The highest BCUT2D eigenvalue weighted by molar-refractivity contribution is 6.31. The van der Waals surface area contributed by atoms with Crippen LogP contribution in [0.15, 0.2) is 6.08 Å². The summed E-state index contributed by atoms with van der Waals surface area (Å²) in [5.74, 6) is 0.373. The molecule has 1 aromatic heterocycles. The lowest BCUT2D eigenvalue weighted by molar-refractivity contribution is -0.118. The van der Waals surface area contributed by atoms with Crippen molar-refractivity contribution in [2.75, 3.05) is 32.8 Å². The maximum atomic E-state index is 12.6. The van der Waals surface area contributed by atoms with Crippen LogP contribution in [0, 0.1) is 12.8 Å². The second-order valence-electron chi connectivity index (χ2n) is 8.80. The fourth-order valence-electron chi connectivity index (χ4n) is 4.42. The van der Waals surface area contributed by atoms with Gasteiger partial charge in [-0.2, -0.15) is 5.10 Å². The van der Waals surface area contributed by atoms with E-state index in [0.29, 0.717) is 17.6 Å². The standard InChI is InChI=1S/C22H35ClN4O2/c1-17(2)15-27-21(23)19(18(3)25-27)7-8-20(28)24-16-22(9-13-29-14-10-22)26-11-5-4-6-12-26/h7-8,17H,4-6,9-16H2,1-3H3,(H,24,28). The topological polar surface area (TPSA) is 59.4 Å². The minimum Gasteiger partial charge on any atom is -0.381 e. The number of halogens is 1. The van der Waals surface area contributed by atoms with Crippen molar-refractivity contribution in [3.63, 3.8) is 0 Å². The second-order valence-corrected chi connectivity index (χ2v) is 9.16. The summed E-state index contributed by atoms with van der Waals surface area (Å²) >= 11 is 6.48. The lowest BCUT2D eigenvalue weighted by atomic mass is 9.86. The molecule has 1 N–H and O–H groups in total. The highest BCUT2D eigenvalue weighted by atomic mass is 35.5. The van der Waals surface area contributed by atoms with Crippen LogP contribution >= 0.6 is 11.6 Å². The molecule has 6 nitrogen and oxygen atoms in total. The average molecular weight is 423 g/mol. The van der Waals surface area contributed by atoms with Crippen molar-refractivity contribution in [2.24, 2.45) is 5.92 Å². The maximum Gasteiger partial charge on any atom is 0.244 e. The predicted octanol–water partition coefficient (Wildman–Crippen LogP) is 3.67. The van der Waals surface area contributed by atoms with Gasteiger partial charge < -0.3 is 10.1 Å². The van der Waals surface area contributed by atoms with Crippen molar-refractivity contribution < 1.29 is 9.53 Å². The number of carbonyl (C=O) groups is 1. The Morgan fingerprint density at radius 3 is 2.62 bits per heavy atom. The van der Waals surface area contributed by atoms with Gasteiger partial charge in [0.05, 0.1) is 5.69 Å². The van der Waals surface area contributed by atoms with Gasteiger partial charge in [-0.05, 0) is 57.7 Å². The number of hydrogen-bond donors (Lipinski definition) is 1. The van der Waals surface area contributed by atoms with Crippen molar-refractivity contribution in [3.05, 3.63) is 22.5 Å². The molecule has 1 aromatic rings. The van der Waals surface area contributed by atoms with E-state index in [0.717, 1.165) is 56.9 Å². The summed E-state index contributed by atoms with van der Waals surface area (Å²) in [4.78, 5) is 15.2. The van der Waals surface area contributed by atoms with Gasteiger partial charge in [0.2, 0.25) is 5.91 Å². The van der Waals surface area contributed by atoms with Crippen LogP contribution < -0.4 is 5.32 Å². The molecule has 0 aromatic carbocycles. The first-order valence-corrected chi connectivity index (χ1v) is 11.3. The molecular weight excluding hydrogens is 388 g/mol. The summed E-state index contributed by atoms with van der Waals surface area (Å²) in [7, 11) is 0. The largest absolute Gasteiger partial charge is 0.381 e. The zero-order chi connectivity index (χ0) is 20.9. The van der Waals surface area contributed by atoms with Gasteiger partial charge in [-0.1, -0.05) is 31.9 Å². The van der Waals surface area contributed by atoms with E-state index in [9.17, 15) is 4.79 Å². The van der Waals surface area contributed by atoms with Crippen molar-refractivity contribution in [1.29, 1.82) is 0 Å². The highest BCUT2D eigenvalue weighted by Crippen LogP contribution is 2.30. The molecular formula is C22H35ClN4O2. The number of amides is 1. The van der Waals surface area contributed by atoms with Crippen molar-refractivity contribution in [2.45, 2.75) is 65.0 Å². The number of hydrogen-bond acceptors (Lipinski definition) is 4. The Kier molecular flexibility index (Phi) is 7.77. The molecule has 3 rings (SSSR count). The number of nitrogens with one attached hydrogen (secondary N) is 1. The molecule has 0 radical (unpaired) electrons. The van der Waals surface area contributed by atoms with Crippen LogP contribution in [-0.4, -0.2) is 59.0 Å². The van der Waals surface area contributed by atoms with Crippen LogP contribution in [0.4, 0.5) is 0 Å². The van der Waals surface area contributed by atoms with Gasteiger partial charge in [0.25, 0.3) is 0 Å². The minimum atomic E-state index is -0.0834. The third-order valence-electron chi connectivity index (χ3n) is 6.09. The third-order valence-corrected chi connectivity index (χ3v) is 6.49. The second kappa shape index (κ2) is 10.1. The Bertz CT molecular complexity index is 717. The molecule has 0 spiro atoms. The minimum absolute atomic E-state index is 0.0257. The monoisotopic (exact) mass is 422 g/mol. The van der Waals surface area contributed by atoms with Crippen LogP contribution in [0.1, 0.15) is 57.2 Å². The molecule has 7 heteroatoms. The normalized spacial score (nSPS) is 20.4. The molecule has 0 unspecified atom stereocenters. The quantitative estimate of drug-likeness (QED) is 0.681. The molecule has 2 aliphatic heterocycles. The van der Waals surface area contributed by atoms with Gasteiger partial charge in [-0.3, -0.25) is 14.4 Å². The van der Waals surface area contributed by atoms with Crippen LogP contribution in [0.2, 0.25) is 5.15 Å². The van der Waals surface area contributed by atoms with Gasteiger partial charge in [0.15, 0.2) is 0 Å². The van der Waals surface area contributed by atoms with Crippen molar-refractivity contribution >= 4 is 23.6 Å². The maximum absolute atomic E-state index is 12.6. The summed E-state index contributed by atoms with van der Waals surface area (Å²) in [6.07, 6.45) is 9.12. The molecule has 0 aliphatic carbocycles. The van der Waals surface area contributed by atoms with Crippen molar-refractivity contribution in [1.82, 2.24) is 20.0 Å². The number of rotatable bonds is 7. The van der Waals surface area contributed by atoms with Gasteiger partial charge in [0.1, 0.15) is 5.15 Å². The summed E-state index contributed by atoms with van der Waals surface area (Å²) < 4.78 is 7.42. The van der Waals surface area contributed by atoms with E-state index in [2.05, 4.69) is 29.2 Å². The van der Waals surface area contributed by atoms with Crippen LogP contribution in [0.3, 0.4) is 0 Å². The number of piperidine rings is 1. The molecule has 0 bridgehead atoms. The zero-order valence-corrected chi connectivity index (χ0v) is 18.8. The van der Waals surface area contributed by atoms with E-state index in [1.165, 1.54) is 19.3 Å². The van der Waals surface area contributed by atoms with Crippen LogP contribution in [0.5, 0.6) is 0 Å². The Morgan fingerprint density at radius 1 is 1.28 bits per heavy atom. The molecule has 1 amide bonds. The molecule has 0 atom stereocenters. The molecule has 162 valence electrons. The van der Waals surface area contributed by atoms with E-state index < -0.39 is 0 Å². The number of carbonyl (C=O) groups excluding carboxylic acids is 1. The first kappa shape index (κ1) is 22.3. The lowest BCUT2D eigenvalue weighted by Gasteiger charge is -2.48. The number of aryl methyl sites for hydroxylation is 1. The SMILES string of the molecule is Cc1nn(CC(C)C)c(Cl)c1C=CC(=O)NCC1(N2CCCCC2)CCOCC1. The molecule has 2 saturated heterocycles.